The van der Waals surface area contributed by atoms with Gasteiger partial charge in [-0.25, -0.2) is 12.8 Å². The molecule has 0 fully saturated rings. The Morgan fingerprint density at radius 1 is 1.24 bits per heavy atom. The second-order valence-electron chi connectivity index (χ2n) is 2.97. The zero-order valence-electron chi connectivity index (χ0n) is 8.58. The normalized spacial score (nSPS) is 12.1. The van der Waals surface area contributed by atoms with E-state index >= 15 is 0 Å². The summed E-state index contributed by atoms with van der Waals surface area (Å²) in [5, 5.41) is 0. The molecule has 0 saturated heterocycles. The molecule has 0 aromatic heterocycles. The smallest absolute Gasteiger partial charge is 0.748 e. The summed E-state index contributed by atoms with van der Waals surface area (Å²) in [6.45, 7) is 0. The molecule has 0 atom stereocenters. The van der Waals surface area contributed by atoms with Gasteiger partial charge in [-0.15, -0.1) is 0 Å². The van der Waals surface area contributed by atoms with E-state index < -0.39 is 39.0 Å². The Morgan fingerprint density at radius 3 is 2.18 bits per heavy atom. The van der Waals surface area contributed by atoms with Crippen LogP contribution in [0.3, 0.4) is 0 Å². The number of halogens is 4. The Hall–Kier alpha value is -0.150. The molecular weight excluding hydrogens is 275 g/mol. The van der Waals surface area contributed by atoms with Crippen LogP contribution in [-0.2, 0) is 22.0 Å². The van der Waals surface area contributed by atoms with Crippen LogP contribution in [-0.4, -0.2) is 13.0 Å². The Morgan fingerprint density at radius 2 is 1.76 bits per heavy atom. The van der Waals surface area contributed by atoms with Crippen LogP contribution in [0.15, 0.2) is 18.2 Å². The Balaban J connectivity index is 0.00000256. The fourth-order valence-electron chi connectivity index (χ4n) is 1.15. The van der Waals surface area contributed by atoms with Crippen molar-refractivity contribution in [3.05, 3.63) is 35.1 Å². The molecule has 0 unspecified atom stereocenters. The number of benzene rings is 1. The summed E-state index contributed by atoms with van der Waals surface area (Å²) in [4.78, 5) is 0. The van der Waals surface area contributed by atoms with Gasteiger partial charge in [0.15, 0.2) is 0 Å². The monoisotopic (exact) mass is 280 g/mol. The maximum atomic E-state index is 13.0. The van der Waals surface area contributed by atoms with Gasteiger partial charge in [0.05, 0.1) is 21.4 Å². The summed E-state index contributed by atoms with van der Waals surface area (Å²) in [6, 6.07) is 1.97. The van der Waals surface area contributed by atoms with Crippen LogP contribution in [0.1, 0.15) is 11.1 Å². The molecule has 9 heteroatoms. The summed E-state index contributed by atoms with van der Waals surface area (Å²) in [5.74, 6) is -2.89. The van der Waals surface area contributed by atoms with Crippen molar-refractivity contribution in [2.75, 3.05) is 0 Å². The molecule has 0 N–H and O–H groups in total. The predicted molar refractivity (Wildman–Crippen MR) is 44.8 cm³/mol. The zero-order chi connectivity index (χ0) is 12.6. The maximum Gasteiger partial charge on any atom is 1.00 e. The molecule has 3 nitrogen and oxygen atoms in total. The first-order valence-corrected chi connectivity index (χ1v) is 5.47. The van der Waals surface area contributed by atoms with Crippen molar-refractivity contribution in [1.82, 2.24) is 0 Å². The van der Waals surface area contributed by atoms with Crippen LogP contribution in [0.5, 0.6) is 0 Å². The van der Waals surface area contributed by atoms with Gasteiger partial charge >= 0.3 is 35.7 Å². The SMILES string of the molecule is O=S(=O)([O-])Cc1c(F)cccc1C(F)(F)F.[Na+]. The van der Waals surface area contributed by atoms with Gasteiger partial charge in [0.25, 0.3) is 0 Å². The van der Waals surface area contributed by atoms with Gasteiger partial charge in [-0.3, -0.25) is 0 Å². The predicted octanol–water partition coefficient (Wildman–Crippen LogP) is -1.11. The fraction of sp³-hybridized carbons (Fsp3) is 0.250. The number of hydrogen-bond donors (Lipinski definition) is 0. The van der Waals surface area contributed by atoms with Gasteiger partial charge in [-0.05, 0) is 12.1 Å². The van der Waals surface area contributed by atoms with Crippen LogP contribution in [0.4, 0.5) is 17.6 Å². The Labute approximate surface area is 117 Å². The molecule has 0 aliphatic heterocycles. The van der Waals surface area contributed by atoms with Crippen LogP contribution in [0.25, 0.3) is 0 Å². The molecular formula is C8H5F4NaO3S. The molecule has 0 aliphatic rings. The van der Waals surface area contributed by atoms with E-state index in [4.69, 9.17) is 0 Å². The molecule has 1 rings (SSSR count). The third kappa shape index (κ3) is 4.92. The minimum atomic E-state index is -4.97. The standard InChI is InChI=1S/C8H6F4O3S.Na/c9-7-3-1-2-6(8(10,11)12)5(7)4-16(13,14)15;/h1-3H,4H2,(H,13,14,15);/q;+1/p-1. The van der Waals surface area contributed by atoms with Crippen molar-refractivity contribution in [2.45, 2.75) is 11.9 Å². The molecule has 0 spiro atoms. The first-order valence-electron chi connectivity index (χ1n) is 3.89. The third-order valence-electron chi connectivity index (χ3n) is 1.75. The molecule has 0 aliphatic carbocycles. The average molecular weight is 280 g/mol. The summed E-state index contributed by atoms with van der Waals surface area (Å²) in [5.41, 5.74) is -2.60. The summed E-state index contributed by atoms with van der Waals surface area (Å²) in [6.07, 6.45) is -4.90. The molecule has 0 saturated carbocycles. The summed E-state index contributed by atoms with van der Waals surface area (Å²) >= 11 is 0. The molecule has 0 bridgehead atoms. The van der Waals surface area contributed by atoms with E-state index in [2.05, 4.69) is 0 Å². The molecule has 1 aromatic rings. The second-order valence-corrected chi connectivity index (χ2v) is 4.37. The van der Waals surface area contributed by atoms with Crippen molar-refractivity contribution in [2.24, 2.45) is 0 Å². The van der Waals surface area contributed by atoms with E-state index in [0.717, 1.165) is 6.07 Å². The van der Waals surface area contributed by atoms with Gasteiger partial charge in [0.2, 0.25) is 0 Å². The van der Waals surface area contributed by atoms with Gasteiger partial charge in [-0.1, -0.05) is 6.07 Å². The second kappa shape index (κ2) is 5.66. The minimum absolute atomic E-state index is 0. The largest absolute Gasteiger partial charge is 1.00 e. The van der Waals surface area contributed by atoms with E-state index in [1.54, 1.807) is 0 Å². The van der Waals surface area contributed by atoms with Crippen LogP contribution in [0.2, 0.25) is 0 Å². The van der Waals surface area contributed by atoms with Crippen molar-refractivity contribution >= 4 is 10.1 Å². The Bertz CT molecular complexity index is 498. The van der Waals surface area contributed by atoms with E-state index in [-0.39, 0.29) is 29.6 Å². The van der Waals surface area contributed by atoms with Gasteiger partial charge in [0.1, 0.15) is 5.82 Å². The molecule has 90 valence electrons. The first-order chi connectivity index (χ1) is 7.11. The number of alkyl halides is 3. The van der Waals surface area contributed by atoms with E-state index in [9.17, 15) is 30.5 Å². The van der Waals surface area contributed by atoms with Crippen molar-refractivity contribution < 1.29 is 60.1 Å². The Kier molecular flexibility index (Phi) is 5.61. The van der Waals surface area contributed by atoms with E-state index in [0.29, 0.717) is 12.1 Å². The third-order valence-corrected chi connectivity index (χ3v) is 2.39. The van der Waals surface area contributed by atoms with Crippen molar-refractivity contribution in [3.8, 4) is 0 Å². The summed E-state index contributed by atoms with van der Waals surface area (Å²) < 4.78 is 81.1. The van der Waals surface area contributed by atoms with Crippen LogP contribution >= 0.6 is 0 Å². The quantitative estimate of drug-likeness (QED) is 0.392. The van der Waals surface area contributed by atoms with Crippen molar-refractivity contribution in [3.63, 3.8) is 0 Å². The van der Waals surface area contributed by atoms with Gasteiger partial charge in [-0.2, -0.15) is 13.2 Å². The fourth-order valence-corrected chi connectivity index (χ4v) is 1.79. The van der Waals surface area contributed by atoms with E-state index in [1.807, 2.05) is 0 Å². The molecule has 0 amide bonds. The minimum Gasteiger partial charge on any atom is -0.748 e. The van der Waals surface area contributed by atoms with E-state index in [1.165, 1.54) is 0 Å². The molecule has 0 radical (unpaired) electrons. The first kappa shape index (κ1) is 16.9. The molecule has 1 aromatic carbocycles. The van der Waals surface area contributed by atoms with Gasteiger partial charge in [0, 0.05) is 5.56 Å². The molecule has 17 heavy (non-hydrogen) atoms. The number of hydrogen-bond acceptors (Lipinski definition) is 3. The van der Waals surface area contributed by atoms with Crippen LogP contribution in [0, 0.1) is 5.82 Å². The summed E-state index contributed by atoms with van der Waals surface area (Å²) in [7, 11) is -4.97. The topological polar surface area (TPSA) is 57.2 Å². The zero-order valence-corrected chi connectivity index (χ0v) is 11.4. The molecule has 0 heterocycles. The maximum absolute atomic E-state index is 13.0. The van der Waals surface area contributed by atoms with Crippen LogP contribution < -0.4 is 29.6 Å². The average Bonchev–Trinajstić information content (AvgIpc) is 2.04. The van der Waals surface area contributed by atoms with Crippen molar-refractivity contribution in [1.29, 1.82) is 0 Å². The number of rotatable bonds is 2. The van der Waals surface area contributed by atoms with Gasteiger partial charge < -0.3 is 4.55 Å².